The topological polar surface area (TPSA) is 0 Å². The lowest BCUT2D eigenvalue weighted by Crippen LogP contribution is -2.00. The summed E-state index contributed by atoms with van der Waals surface area (Å²) < 4.78 is 27.7. The van der Waals surface area contributed by atoms with Gasteiger partial charge < -0.3 is 0 Å². The molecule has 0 spiro atoms. The first-order valence-electron chi connectivity index (χ1n) is 5.40. The lowest BCUT2D eigenvalue weighted by Gasteiger charge is -2.11. The molecule has 0 heterocycles. The van der Waals surface area contributed by atoms with Crippen LogP contribution in [0.2, 0.25) is 0 Å². The summed E-state index contributed by atoms with van der Waals surface area (Å²) in [7, 11) is 0. The highest BCUT2D eigenvalue weighted by Gasteiger charge is 2.14. The van der Waals surface area contributed by atoms with Gasteiger partial charge >= 0.3 is 0 Å². The van der Waals surface area contributed by atoms with Crippen LogP contribution in [0.4, 0.5) is 8.78 Å². The number of rotatable bonds is 3. The minimum Gasteiger partial charge on any atom is -0.204 e. The maximum atomic E-state index is 13.5. The van der Waals surface area contributed by atoms with Gasteiger partial charge in [-0.2, -0.15) is 0 Å². The van der Waals surface area contributed by atoms with E-state index in [4.69, 9.17) is 11.6 Å². The van der Waals surface area contributed by atoms with Crippen LogP contribution in [-0.4, -0.2) is 0 Å². The Hall–Kier alpha value is -0.680. The molecule has 18 heavy (non-hydrogen) atoms. The fraction of sp³-hybridized carbons (Fsp3) is 0.143. The summed E-state index contributed by atoms with van der Waals surface area (Å²) >= 11 is 8.43. The van der Waals surface area contributed by atoms with Crippen molar-refractivity contribution in [2.75, 3.05) is 0 Å². The van der Waals surface area contributed by atoms with E-state index in [1.54, 1.807) is 6.07 Å². The third-order valence-corrected chi connectivity index (χ3v) is 3.79. The van der Waals surface area contributed by atoms with Crippen molar-refractivity contribution >= 4 is 34.2 Å². The van der Waals surface area contributed by atoms with Gasteiger partial charge in [-0.25, -0.2) is 8.78 Å². The molecule has 0 fully saturated rings. The lowest BCUT2D eigenvalue weighted by molar-refractivity contribution is 0.498. The van der Waals surface area contributed by atoms with Crippen molar-refractivity contribution in [2.45, 2.75) is 11.8 Å². The fourth-order valence-electron chi connectivity index (χ4n) is 1.69. The first-order chi connectivity index (χ1) is 8.58. The van der Waals surface area contributed by atoms with Crippen LogP contribution in [0, 0.1) is 15.2 Å². The van der Waals surface area contributed by atoms with E-state index < -0.39 is 11.6 Å². The van der Waals surface area contributed by atoms with E-state index in [9.17, 15) is 8.78 Å². The molecule has 1 atom stereocenters. The summed E-state index contributed by atoms with van der Waals surface area (Å²) in [6, 6.07) is 11.8. The molecule has 0 aliphatic carbocycles. The zero-order valence-electron chi connectivity index (χ0n) is 9.34. The second kappa shape index (κ2) is 5.97. The quantitative estimate of drug-likeness (QED) is 0.515. The number of benzene rings is 2. The van der Waals surface area contributed by atoms with E-state index >= 15 is 0 Å². The van der Waals surface area contributed by atoms with E-state index in [0.717, 1.165) is 15.2 Å². The molecule has 0 N–H and O–H groups in total. The summed E-state index contributed by atoms with van der Waals surface area (Å²) in [5.41, 5.74) is 1.20. The normalized spacial score (nSPS) is 12.4. The van der Waals surface area contributed by atoms with Crippen LogP contribution in [0.1, 0.15) is 16.5 Å². The maximum absolute atomic E-state index is 13.5. The summed E-state index contributed by atoms with van der Waals surface area (Å²) in [4.78, 5) is 0. The van der Waals surface area contributed by atoms with Gasteiger partial charge in [0.1, 0.15) is 0 Å². The molecule has 0 amide bonds. The van der Waals surface area contributed by atoms with Crippen LogP contribution in [0.25, 0.3) is 0 Å². The number of halogens is 4. The van der Waals surface area contributed by atoms with Crippen LogP contribution in [0.3, 0.4) is 0 Å². The molecule has 2 aromatic carbocycles. The molecule has 0 saturated heterocycles. The van der Waals surface area contributed by atoms with Crippen LogP contribution in [0.15, 0.2) is 42.5 Å². The van der Waals surface area contributed by atoms with Gasteiger partial charge in [-0.15, -0.1) is 11.6 Å². The van der Waals surface area contributed by atoms with Crippen molar-refractivity contribution in [1.29, 1.82) is 0 Å². The molecule has 0 bridgehead atoms. The molecule has 2 aromatic rings. The second-order valence-corrected chi connectivity index (χ2v) is 5.71. The summed E-state index contributed by atoms with van der Waals surface area (Å²) in [5, 5.41) is -0.363. The third kappa shape index (κ3) is 3.20. The molecule has 2 rings (SSSR count). The van der Waals surface area contributed by atoms with Crippen molar-refractivity contribution in [2.24, 2.45) is 0 Å². The van der Waals surface area contributed by atoms with E-state index in [2.05, 4.69) is 22.6 Å². The van der Waals surface area contributed by atoms with Gasteiger partial charge in [-0.3, -0.25) is 0 Å². The van der Waals surface area contributed by atoms with Gasteiger partial charge in [0.05, 0.1) is 5.38 Å². The van der Waals surface area contributed by atoms with Crippen molar-refractivity contribution in [3.05, 3.63) is 68.8 Å². The average molecular weight is 379 g/mol. The van der Waals surface area contributed by atoms with Gasteiger partial charge in [-0.05, 0) is 58.3 Å². The van der Waals surface area contributed by atoms with Gasteiger partial charge in [-0.1, -0.05) is 24.3 Å². The Morgan fingerprint density at radius 2 is 1.72 bits per heavy atom. The zero-order chi connectivity index (χ0) is 13.1. The molecule has 0 aliphatic heterocycles. The third-order valence-electron chi connectivity index (χ3n) is 2.66. The zero-order valence-corrected chi connectivity index (χ0v) is 12.3. The van der Waals surface area contributed by atoms with E-state index in [-0.39, 0.29) is 11.8 Å². The second-order valence-electron chi connectivity index (χ2n) is 3.94. The highest BCUT2D eigenvalue weighted by atomic mass is 127. The standard InChI is InChI=1S/C14H10ClF2I/c15-12(9-4-6-11(18)7-5-9)8-10-2-1-3-13(16)14(10)17/h1-7,12H,8H2. The van der Waals surface area contributed by atoms with Crippen LogP contribution < -0.4 is 0 Å². The molecule has 4 heteroatoms. The van der Waals surface area contributed by atoms with Gasteiger partial charge in [0, 0.05) is 3.57 Å². The molecule has 94 valence electrons. The molecular weight excluding hydrogens is 369 g/mol. The Morgan fingerprint density at radius 3 is 2.39 bits per heavy atom. The molecule has 0 nitrogen and oxygen atoms in total. The Bertz CT molecular complexity index is 540. The predicted molar refractivity (Wildman–Crippen MR) is 77.8 cm³/mol. The Morgan fingerprint density at radius 1 is 1.06 bits per heavy atom. The minimum absolute atomic E-state index is 0.270. The maximum Gasteiger partial charge on any atom is 0.162 e. The molecule has 0 aromatic heterocycles. The van der Waals surface area contributed by atoms with Gasteiger partial charge in [0.2, 0.25) is 0 Å². The van der Waals surface area contributed by atoms with Crippen LogP contribution in [0.5, 0.6) is 0 Å². The lowest BCUT2D eigenvalue weighted by atomic mass is 10.0. The Labute approximate surface area is 123 Å². The summed E-state index contributed by atoms with van der Waals surface area (Å²) in [6.45, 7) is 0. The van der Waals surface area contributed by atoms with E-state index in [1.807, 2.05) is 24.3 Å². The van der Waals surface area contributed by atoms with Crippen LogP contribution in [-0.2, 0) is 6.42 Å². The Kier molecular flexibility index (Phi) is 4.56. The van der Waals surface area contributed by atoms with Gasteiger partial charge in [0.15, 0.2) is 11.6 Å². The highest BCUT2D eigenvalue weighted by Crippen LogP contribution is 2.27. The largest absolute Gasteiger partial charge is 0.204 e. The first-order valence-corrected chi connectivity index (χ1v) is 6.92. The Balaban J connectivity index is 2.18. The molecule has 0 saturated carbocycles. The van der Waals surface area contributed by atoms with Crippen molar-refractivity contribution in [3.63, 3.8) is 0 Å². The molecular formula is C14H10ClF2I. The minimum atomic E-state index is -0.834. The smallest absolute Gasteiger partial charge is 0.162 e. The molecule has 1 unspecified atom stereocenters. The number of hydrogen-bond acceptors (Lipinski definition) is 0. The fourth-order valence-corrected chi connectivity index (χ4v) is 2.36. The monoisotopic (exact) mass is 378 g/mol. The number of alkyl halides is 1. The first kappa shape index (κ1) is 13.7. The van der Waals surface area contributed by atoms with Crippen molar-refractivity contribution < 1.29 is 8.78 Å². The van der Waals surface area contributed by atoms with Crippen molar-refractivity contribution in [1.82, 2.24) is 0 Å². The highest BCUT2D eigenvalue weighted by molar-refractivity contribution is 14.1. The number of hydrogen-bond donors (Lipinski definition) is 0. The molecule has 0 radical (unpaired) electrons. The predicted octanol–water partition coefficient (Wildman–Crippen LogP) is 5.09. The summed E-state index contributed by atoms with van der Waals surface area (Å²) in [5.74, 6) is -1.65. The average Bonchev–Trinajstić information content (AvgIpc) is 2.36. The molecule has 0 aliphatic rings. The van der Waals surface area contributed by atoms with Gasteiger partial charge in [0.25, 0.3) is 0 Å². The van der Waals surface area contributed by atoms with E-state index in [0.29, 0.717) is 5.56 Å². The van der Waals surface area contributed by atoms with Crippen molar-refractivity contribution in [3.8, 4) is 0 Å². The summed E-state index contributed by atoms with van der Waals surface area (Å²) in [6.07, 6.45) is 0.270. The SMILES string of the molecule is Fc1cccc(CC(Cl)c2ccc(I)cc2)c1F. The van der Waals surface area contributed by atoms with E-state index in [1.165, 1.54) is 6.07 Å². The van der Waals surface area contributed by atoms with Crippen LogP contribution >= 0.6 is 34.2 Å².